The molecule has 1 aliphatic rings. The SMILES string of the molecule is CSc1c(F)cccc1[C@H]1CCN(C(=O)OC(C)(C)C)[C@@H](O)C1. The standard InChI is InChI=1S/C17H24FNO3S/c1-17(2,3)22-16(21)19-9-8-11(10-14(19)20)12-6-5-7-13(18)15(12)23-4/h5-7,11,14,20H,8-10H2,1-4H3/t11-,14-/m0/s1. The minimum atomic E-state index is -0.915. The molecule has 0 bridgehead atoms. The fourth-order valence-corrected chi connectivity index (χ4v) is 3.56. The van der Waals surface area contributed by atoms with E-state index in [2.05, 4.69) is 0 Å². The average molecular weight is 341 g/mol. The highest BCUT2D eigenvalue weighted by Gasteiger charge is 2.34. The van der Waals surface area contributed by atoms with Gasteiger partial charge in [0.25, 0.3) is 0 Å². The monoisotopic (exact) mass is 341 g/mol. The first-order valence-corrected chi connectivity index (χ1v) is 8.95. The highest BCUT2D eigenvalue weighted by molar-refractivity contribution is 7.98. The van der Waals surface area contributed by atoms with E-state index in [1.165, 1.54) is 22.7 Å². The van der Waals surface area contributed by atoms with Crippen LogP contribution in [0.1, 0.15) is 45.1 Å². The van der Waals surface area contributed by atoms with Crippen LogP contribution in [0.2, 0.25) is 0 Å². The molecule has 0 aromatic heterocycles. The minimum Gasteiger partial charge on any atom is -0.444 e. The molecule has 1 aromatic carbocycles. The fourth-order valence-electron chi connectivity index (χ4n) is 2.82. The van der Waals surface area contributed by atoms with Gasteiger partial charge in [-0.15, -0.1) is 11.8 Å². The second-order valence-corrected chi connectivity index (χ2v) is 7.55. The van der Waals surface area contributed by atoms with Gasteiger partial charge in [0.1, 0.15) is 17.6 Å². The molecular weight excluding hydrogens is 317 g/mol. The van der Waals surface area contributed by atoms with E-state index in [0.29, 0.717) is 24.3 Å². The molecule has 2 rings (SSSR count). The molecule has 0 saturated carbocycles. The molecule has 2 atom stereocenters. The van der Waals surface area contributed by atoms with Crippen molar-refractivity contribution in [3.8, 4) is 0 Å². The lowest BCUT2D eigenvalue weighted by Gasteiger charge is -2.37. The van der Waals surface area contributed by atoms with Crippen molar-refractivity contribution < 1.29 is 19.0 Å². The van der Waals surface area contributed by atoms with Crippen LogP contribution in [0, 0.1) is 5.82 Å². The summed E-state index contributed by atoms with van der Waals surface area (Å²) in [7, 11) is 0. The summed E-state index contributed by atoms with van der Waals surface area (Å²) in [6.07, 6.45) is 1.48. The zero-order valence-corrected chi connectivity index (χ0v) is 14.8. The number of thioether (sulfide) groups is 1. The highest BCUT2D eigenvalue weighted by Crippen LogP contribution is 2.37. The van der Waals surface area contributed by atoms with Crippen molar-refractivity contribution in [3.63, 3.8) is 0 Å². The van der Waals surface area contributed by atoms with Crippen LogP contribution in [0.4, 0.5) is 9.18 Å². The van der Waals surface area contributed by atoms with Gasteiger partial charge in [0.05, 0.1) is 0 Å². The fraction of sp³-hybridized carbons (Fsp3) is 0.588. The van der Waals surface area contributed by atoms with E-state index in [9.17, 15) is 14.3 Å². The number of carbonyl (C=O) groups excluding carboxylic acids is 1. The van der Waals surface area contributed by atoms with Gasteiger partial charge in [-0.25, -0.2) is 9.18 Å². The third-order valence-corrected chi connectivity index (χ3v) is 4.68. The predicted octanol–water partition coefficient (Wildman–Crippen LogP) is 3.98. The maximum absolute atomic E-state index is 13.9. The lowest BCUT2D eigenvalue weighted by atomic mass is 9.88. The topological polar surface area (TPSA) is 49.8 Å². The van der Waals surface area contributed by atoms with E-state index in [1.54, 1.807) is 26.8 Å². The normalized spacial score (nSPS) is 22.1. The van der Waals surface area contributed by atoms with Crippen LogP contribution in [0.25, 0.3) is 0 Å². The van der Waals surface area contributed by atoms with Crippen molar-refractivity contribution in [1.29, 1.82) is 0 Å². The molecule has 6 heteroatoms. The number of nitrogens with zero attached hydrogens (tertiary/aromatic N) is 1. The zero-order chi connectivity index (χ0) is 17.2. The van der Waals surface area contributed by atoms with Crippen molar-refractivity contribution in [2.45, 2.75) is 56.3 Å². The average Bonchev–Trinajstić information content (AvgIpc) is 2.44. The van der Waals surface area contributed by atoms with Crippen molar-refractivity contribution in [2.75, 3.05) is 12.8 Å². The van der Waals surface area contributed by atoms with Gasteiger partial charge in [-0.3, -0.25) is 4.90 Å². The third kappa shape index (κ3) is 4.38. The molecular formula is C17H24FNO3S. The van der Waals surface area contributed by atoms with Crippen LogP contribution in [0.5, 0.6) is 0 Å². The van der Waals surface area contributed by atoms with Crippen LogP contribution in [-0.2, 0) is 4.74 Å². The number of aliphatic hydroxyl groups is 1. The van der Waals surface area contributed by atoms with E-state index in [-0.39, 0.29) is 11.7 Å². The second-order valence-electron chi connectivity index (χ2n) is 6.74. The molecule has 0 aliphatic carbocycles. The zero-order valence-electron chi connectivity index (χ0n) is 14.0. The Balaban J connectivity index is 2.10. The van der Waals surface area contributed by atoms with Gasteiger partial charge in [0.2, 0.25) is 0 Å². The maximum atomic E-state index is 13.9. The lowest BCUT2D eigenvalue weighted by Crippen LogP contribution is -2.47. The summed E-state index contributed by atoms with van der Waals surface area (Å²) in [5, 5.41) is 10.3. The van der Waals surface area contributed by atoms with Crippen LogP contribution >= 0.6 is 11.8 Å². The predicted molar refractivity (Wildman–Crippen MR) is 89.1 cm³/mol. The van der Waals surface area contributed by atoms with Gasteiger partial charge >= 0.3 is 6.09 Å². The molecule has 1 heterocycles. The van der Waals surface area contributed by atoms with Crippen molar-refractivity contribution in [1.82, 2.24) is 4.90 Å². The Labute approximate surface area is 141 Å². The molecule has 0 radical (unpaired) electrons. The highest BCUT2D eigenvalue weighted by atomic mass is 32.2. The van der Waals surface area contributed by atoms with Crippen molar-refractivity contribution >= 4 is 17.9 Å². The molecule has 1 fully saturated rings. The minimum absolute atomic E-state index is 0.0295. The number of halogens is 1. The molecule has 23 heavy (non-hydrogen) atoms. The summed E-state index contributed by atoms with van der Waals surface area (Å²) >= 11 is 1.37. The smallest absolute Gasteiger partial charge is 0.412 e. The Morgan fingerprint density at radius 3 is 2.70 bits per heavy atom. The molecule has 0 unspecified atom stereocenters. The summed E-state index contributed by atoms with van der Waals surface area (Å²) < 4.78 is 19.2. The number of carbonyl (C=O) groups is 1. The Morgan fingerprint density at radius 1 is 1.43 bits per heavy atom. The molecule has 1 aliphatic heterocycles. The number of hydrogen-bond acceptors (Lipinski definition) is 4. The summed E-state index contributed by atoms with van der Waals surface area (Å²) in [6, 6.07) is 5.04. The van der Waals surface area contributed by atoms with Gasteiger partial charge in [-0.1, -0.05) is 12.1 Å². The van der Waals surface area contributed by atoms with Gasteiger partial charge in [-0.2, -0.15) is 0 Å². The summed E-state index contributed by atoms with van der Waals surface area (Å²) in [6.45, 7) is 5.77. The molecule has 0 spiro atoms. The van der Waals surface area contributed by atoms with Crippen molar-refractivity contribution in [3.05, 3.63) is 29.6 Å². The third-order valence-electron chi connectivity index (χ3n) is 3.84. The van der Waals surface area contributed by atoms with Gasteiger partial charge in [0.15, 0.2) is 0 Å². The summed E-state index contributed by atoms with van der Waals surface area (Å²) in [5.74, 6) is -0.208. The molecule has 1 amide bonds. The number of amides is 1. The number of hydrogen-bond donors (Lipinski definition) is 1. The van der Waals surface area contributed by atoms with Gasteiger partial charge in [-0.05, 0) is 57.4 Å². The Bertz CT molecular complexity index is 573. The first-order valence-electron chi connectivity index (χ1n) is 7.73. The lowest BCUT2D eigenvalue weighted by molar-refractivity contribution is -0.0494. The molecule has 128 valence electrons. The first-order chi connectivity index (χ1) is 10.7. The van der Waals surface area contributed by atoms with Gasteiger partial charge < -0.3 is 9.84 Å². The number of piperidine rings is 1. The van der Waals surface area contributed by atoms with Crippen LogP contribution in [-0.4, -0.2) is 40.7 Å². The van der Waals surface area contributed by atoms with E-state index >= 15 is 0 Å². The number of likely N-dealkylation sites (tertiary alicyclic amines) is 1. The van der Waals surface area contributed by atoms with Crippen LogP contribution < -0.4 is 0 Å². The maximum Gasteiger partial charge on any atom is 0.412 e. The van der Waals surface area contributed by atoms with Gasteiger partial charge in [0, 0.05) is 11.4 Å². The largest absolute Gasteiger partial charge is 0.444 e. The molecule has 1 aromatic rings. The molecule has 1 saturated heterocycles. The number of rotatable bonds is 2. The number of benzene rings is 1. The van der Waals surface area contributed by atoms with E-state index in [4.69, 9.17) is 4.74 Å². The van der Waals surface area contributed by atoms with E-state index in [0.717, 1.165) is 5.56 Å². The Morgan fingerprint density at radius 2 is 2.13 bits per heavy atom. The second kappa shape index (κ2) is 7.09. The Kier molecular flexibility index (Phi) is 5.57. The van der Waals surface area contributed by atoms with Crippen molar-refractivity contribution in [2.24, 2.45) is 0 Å². The van der Waals surface area contributed by atoms with E-state index < -0.39 is 17.9 Å². The summed E-state index contributed by atoms with van der Waals surface area (Å²) in [5.41, 5.74) is 0.308. The Hall–Kier alpha value is -1.27. The first kappa shape index (κ1) is 18.1. The molecule has 1 N–H and O–H groups in total. The van der Waals surface area contributed by atoms with E-state index in [1.807, 2.05) is 12.3 Å². The molecule has 4 nitrogen and oxygen atoms in total. The quantitative estimate of drug-likeness (QED) is 0.827. The number of ether oxygens (including phenoxy) is 1. The van der Waals surface area contributed by atoms with Crippen LogP contribution in [0.15, 0.2) is 23.1 Å². The summed E-state index contributed by atoms with van der Waals surface area (Å²) in [4.78, 5) is 14.1. The number of aliphatic hydroxyl groups excluding tert-OH is 1. The van der Waals surface area contributed by atoms with Crippen LogP contribution in [0.3, 0.4) is 0 Å².